The Bertz CT molecular complexity index is 689. The second-order valence-corrected chi connectivity index (χ2v) is 5.15. The van der Waals surface area contributed by atoms with Crippen molar-refractivity contribution in [3.05, 3.63) is 45.3 Å². The molecule has 0 fully saturated rings. The van der Waals surface area contributed by atoms with Crippen LogP contribution in [0.4, 0.5) is 0 Å². The SMILES string of the molecule is CCOCn1c(-c2ccccc2)c(CC)c(=S)[nH]c1=S. The van der Waals surface area contributed by atoms with E-state index in [-0.39, 0.29) is 0 Å². The van der Waals surface area contributed by atoms with Gasteiger partial charge >= 0.3 is 0 Å². The Labute approximate surface area is 129 Å². The zero-order valence-corrected chi connectivity index (χ0v) is 13.3. The van der Waals surface area contributed by atoms with Crippen molar-refractivity contribution < 1.29 is 4.74 Å². The second kappa shape index (κ2) is 6.92. The van der Waals surface area contributed by atoms with Gasteiger partial charge in [0.15, 0.2) is 4.77 Å². The molecule has 0 bridgehead atoms. The fraction of sp³-hybridized carbons (Fsp3) is 0.333. The maximum absolute atomic E-state index is 5.54. The normalized spacial score (nSPS) is 10.7. The number of aromatic amines is 1. The maximum atomic E-state index is 5.54. The van der Waals surface area contributed by atoms with E-state index >= 15 is 0 Å². The van der Waals surface area contributed by atoms with Crippen LogP contribution in [-0.2, 0) is 17.9 Å². The molecule has 0 aliphatic rings. The van der Waals surface area contributed by atoms with Gasteiger partial charge in [-0.15, -0.1) is 0 Å². The van der Waals surface area contributed by atoms with Crippen molar-refractivity contribution in [1.82, 2.24) is 9.55 Å². The lowest BCUT2D eigenvalue weighted by atomic mass is 10.1. The molecule has 1 aromatic carbocycles. The molecule has 1 N–H and O–H groups in total. The van der Waals surface area contributed by atoms with Crippen molar-refractivity contribution in [3.63, 3.8) is 0 Å². The lowest BCUT2D eigenvalue weighted by Gasteiger charge is -2.17. The number of ether oxygens (including phenoxy) is 1. The third-order valence-electron chi connectivity index (χ3n) is 3.12. The molecule has 20 heavy (non-hydrogen) atoms. The Morgan fingerprint density at radius 2 is 1.85 bits per heavy atom. The summed E-state index contributed by atoms with van der Waals surface area (Å²) in [6, 6.07) is 10.2. The summed E-state index contributed by atoms with van der Waals surface area (Å²) < 4.78 is 8.83. The lowest BCUT2D eigenvalue weighted by molar-refractivity contribution is 0.0867. The van der Waals surface area contributed by atoms with Crippen molar-refractivity contribution in [2.45, 2.75) is 27.0 Å². The Hall–Kier alpha value is -1.30. The predicted octanol–water partition coefficient (Wildman–Crippen LogP) is 4.50. The van der Waals surface area contributed by atoms with Crippen LogP contribution >= 0.6 is 24.4 Å². The Kier molecular flexibility index (Phi) is 5.23. The van der Waals surface area contributed by atoms with Gasteiger partial charge in [-0.1, -0.05) is 49.5 Å². The highest BCUT2D eigenvalue weighted by Crippen LogP contribution is 2.25. The average Bonchev–Trinajstić information content (AvgIpc) is 2.46. The van der Waals surface area contributed by atoms with Gasteiger partial charge in [-0.05, 0) is 31.1 Å². The lowest BCUT2D eigenvalue weighted by Crippen LogP contribution is -2.12. The first kappa shape index (κ1) is 15.1. The number of nitrogens with one attached hydrogen (secondary N) is 1. The highest BCUT2D eigenvalue weighted by Gasteiger charge is 2.12. The molecule has 2 aromatic rings. The smallest absolute Gasteiger partial charge is 0.180 e. The molecule has 5 heteroatoms. The molecule has 0 aliphatic heterocycles. The number of hydrogen-bond acceptors (Lipinski definition) is 3. The highest BCUT2D eigenvalue weighted by atomic mass is 32.1. The van der Waals surface area contributed by atoms with E-state index < -0.39 is 0 Å². The van der Waals surface area contributed by atoms with E-state index in [0.29, 0.717) is 22.7 Å². The van der Waals surface area contributed by atoms with Gasteiger partial charge in [0.1, 0.15) is 11.4 Å². The summed E-state index contributed by atoms with van der Waals surface area (Å²) in [6.45, 7) is 5.14. The van der Waals surface area contributed by atoms with Gasteiger partial charge in [-0.3, -0.25) is 4.57 Å². The molecular formula is C15H18N2OS2. The Balaban J connectivity index is 2.73. The summed E-state index contributed by atoms with van der Waals surface area (Å²) in [5.41, 5.74) is 3.25. The summed E-state index contributed by atoms with van der Waals surface area (Å²) in [5.74, 6) is 0. The third-order valence-corrected chi connectivity index (χ3v) is 3.79. The monoisotopic (exact) mass is 306 g/mol. The minimum absolute atomic E-state index is 0.429. The van der Waals surface area contributed by atoms with Crippen LogP contribution in [-0.4, -0.2) is 16.2 Å². The van der Waals surface area contributed by atoms with E-state index in [1.165, 1.54) is 0 Å². The van der Waals surface area contributed by atoms with Gasteiger partial charge in [0.05, 0.1) is 5.69 Å². The number of aromatic nitrogens is 2. The average molecular weight is 306 g/mol. The van der Waals surface area contributed by atoms with Gasteiger partial charge in [-0.2, -0.15) is 0 Å². The first-order chi connectivity index (χ1) is 9.69. The standard InChI is InChI=1S/C15H18N2OS2/c1-3-12-13(11-8-6-5-7-9-11)17(10-18-4-2)15(20)16-14(12)19/h5-9H,3-4,10H2,1-2H3,(H,16,19,20). The van der Waals surface area contributed by atoms with Crippen LogP contribution in [0.15, 0.2) is 30.3 Å². The molecule has 0 radical (unpaired) electrons. The van der Waals surface area contributed by atoms with E-state index in [2.05, 4.69) is 24.0 Å². The molecule has 106 valence electrons. The van der Waals surface area contributed by atoms with E-state index in [1.54, 1.807) is 0 Å². The molecule has 1 heterocycles. The largest absolute Gasteiger partial charge is 0.361 e. The molecule has 0 saturated heterocycles. The van der Waals surface area contributed by atoms with Crippen LogP contribution in [0.25, 0.3) is 11.3 Å². The van der Waals surface area contributed by atoms with Crippen molar-refractivity contribution in [1.29, 1.82) is 0 Å². The quantitative estimate of drug-likeness (QED) is 0.825. The predicted molar refractivity (Wildman–Crippen MR) is 86.9 cm³/mol. The summed E-state index contributed by atoms with van der Waals surface area (Å²) in [4.78, 5) is 3.09. The molecular weight excluding hydrogens is 288 g/mol. The molecule has 0 saturated carbocycles. The summed E-state index contributed by atoms with van der Waals surface area (Å²) in [7, 11) is 0. The molecule has 3 nitrogen and oxygen atoms in total. The zero-order chi connectivity index (χ0) is 14.5. The van der Waals surface area contributed by atoms with Gasteiger partial charge in [0.2, 0.25) is 0 Å². The van der Waals surface area contributed by atoms with Crippen LogP contribution in [0.5, 0.6) is 0 Å². The minimum Gasteiger partial charge on any atom is -0.361 e. The van der Waals surface area contributed by atoms with Crippen LogP contribution in [0.2, 0.25) is 0 Å². The zero-order valence-electron chi connectivity index (χ0n) is 11.7. The van der Waals surface area contributed by atoms with E-state index in [0.717, 1.165) is 23.2 Å². The fourth-order valence-corrected chi connectivity index (χ4v) is 2.82. The van der Waals surface area contributed by atoms with E-state index in [9.17, 15) is 0 Å². The molecule has 0 amide bonds. The first-order valence-corrected chi connectivity index (χ1v) is 7.49. The van der Waals surface area contributed by atoms with E-state index in [1.807, 2.05) is 29.7 Å². The molecule has 0 spiro atoms. The third kappa shape index (κ3) is 3.06. The number of nitrogens with zero attached hydrogens (tertiary/aromatic N) is 1. The first-order valence-electron chi connectivity index (χ1n) is 6.68. The Morgan fingerprint density at radius 1 is 1.15 bits per heavy atom. The van der Waals surface area contributed by atoms with Crippen molar-refractivity contribution in [2.24, 2.45) is 0 Å². The Morgan fingerprint density at radius 3 is 2.45 bits per heavy atom. The number of rotatable bonds is 5. The van der Waals surface area contributed by atoms with Crippen molar-refractivity contribution >= 4 is 24.4 Å². The molecule has 0 unspecified atom stereocenters. The van der Waals surface area contributed by atoms with Crippen LogP contribution < -0.4 is 0 Å². The van der Waals surface area contributed by atoms with E-state index in [4.69, 9.17) is 29.2 Å². The summed E-state index contributed by atoms with van der Waals surface area (Å²) in [5, 5.41) is 0. The molecule has 1 aromatic heterocycles. The topological polar surface area (TPSA) is 29.9 Å². The number of benzene rings is 1. The maximum Gasteiger partial charge on any atom is 0.180 e. The highest BCUT2D eigenvalue weighted by molar-refractivity contribution is 7.72. The van der Waals surface area contributed by atoms with Crippen molar-refractivity contribution in [3.8, 4) is 11.3 Å². The van der Waals surface area contributed by atoms with Gasteiger partial charge in [0.25, 0.3) is 0 Å². The molecule has 0 aliphatic carbocycles. The van der Waals surface area contributed by atoms with Crippen LogP contribution in [0, 0.1) is 9.41 Å². The number of H-pyrrole nitrogens is 1. The van der Waals surface area contributed by atoms with Gasteiger partial charge in [0, 0.05) is 12.2 Å². The number of hydrogen-bond donors (Lipinski definition) is 1. The van der Waals surface area contributed by atoms with Gasteiger partial charge < -0.3 is 9.72 Å². The molecule has 2 rings (SSSR count). The van der Waals surface area contributed by atoms with Crippen LogP contribution in [0.3, 0.4) is 0 Å². The van der Waals surface area contributed by atoms with Crippen LogP contribution in [0.1, 0.15) is 19.4 Å². The second-order valence-electron chi connectivity index (χ2n) is 4.36. The molecule has 0 atom stereocenters. The summed E-state index contributed by atoms with van der Waals surface area (Å²) >= 11 is 10.8. The minimum atomic E-state index is 0.429. The van der Waals surface area contributed by atoms with Gasteiger partial charge in [-0.25, -0.2) is 0 Å². The fourth-order valence-electron chi connectivity index (χ4n) is 2.17. The summed E-state index contributed by atoms with van der Waals surface area (Å²) in [6.07, 6.45) is 0.849. The van der Waals surface area contributed by atoms with Crippen molar-refractivity contribution in [2.75, 3.05) is 6.61 Å².